The number of allylic oxidation sites excluding steroid dienone is 2. The maximum atomic E-state index is 11.4. The number of carbonyl (C=O) groups is 1. The Hall–Kier alpha value is -1.37. The van der Waals surface area contributed by atoms with Crippen LogP contribution in [0.4, 0.5) is 0 Å². The average Bonchev–Trinajstić information content (AvgIpc) is 2.42. The van der Waals surface area contributed by atoms with Crippen molar-refractivity contribution in [2.75, 3.05) is 0 Å². The molecule has 19 heavy (non-hydrogen) atoms. The summed E-state index contributed by atoms with van der Waals surface area (Å²) >= 11 is 0. The van der Waals surface area contributed by atoms with Gasteiger partial charge in [0.05, 0.1) is 0 Å². The largest absolute Gasteiger partial charge is 0.300 e. The second kappa shape index (κ2) is 9.55. The first kappa shape index (κ1) is 15.7. The summed E-state index contributed by atoms with van der Waals surface area (Å²) in [5, 5.41) is 0. The molecule has 0 N–H and O–H groups in total. The minimum atomic E-state index is 0.241. The molecular formula is C18H26O. The van der Waals surface area contributed by atoms with Gasteiger partial charge in [-0.15, -0.1) is 0 Å². The van der Waals surface area contributed by atoms with Gasteiger partial charge in [-0.1, -0.05) is 68.7 Å². The molecule has 0 bridgehead atoms. The van der Waals surface area contributed by atoms with E-state index in [4.69, 9.17) is 0 Å². The van der Waals surface area contributed by atoms with Crippen molar-refractivity contribution in [2.24, 2.45) is 0 Å². The van der Waals surface area contributed by atoms with Gasteiger partial charge < -0.3 is 0 Å². The van der Waals surface area contributed by atoms with E-state index >= 15 is 0 Å². The van der Waals surface area contributed by atoms with Crippen molar-refractivity contribution >= 4 is 5.78 Å². The van der Waals surface area contributed by atoms with E-state index in [-0.39, 0.29) is 11.7 Å². The van der Waals surface area contributed by atoms with E-state index in [9.17, 15) is 4.79 Å². The molecule has 0 fully saturated rings. The van der Waals surface area contributed by atoms with Crippen LogP contribution >= 0.6 is 0 Å². The van der Waals surface area contributed by atoms with Crippen molar-refractivity contribution < 1.29 is 4.79 Å². The van der Waals surface area contributed by atoms with E-state index in [0.29, 0.717) is 6.42 Å². The molecule has 0 aliphatic carbocycles. The van der Waals surface area contributed by atoms with E-state index in [2.05, 4.69) is 31.2 Å². The predicted molar refractivity (Wildman–Crippen MR) is 82.4 cm³/mol. The van der Waals surface area contributed by atoms with Gasteiger partial charge in [0.15, 0.2) is 0 Å². The van der Waals surface area contributed by atoms with Crippen LogP contribution in [0.15, 0.2) is 42.5 Å². The second-order valence-electron chi connectivity index (χ2n) is 5.20. The first-order valence-corrected chi connectivity index (χ1v) is 7.45. The number of hydrogen-bond donors (Lipinski definition) is 0. The summed E-state index contributed by atoms with van der Waals surface area (Å²) in [6, 6.07) is 10.3. The molecule has 0 saturated carbocycles. The molecule has 1 aromatic rings. The second-order valence-corrected chi connectivity index (χ2v) is 5.20. The van der Waals surface area contributed by atoms with Crippen molar-refractivity contribution in [2.45, 2.75) is 58.3 Å². The smallest absolute Gasteiger partial charge is 0.130 e. The fourth-order valence-electron chi connectivity index (χ4n) is 2.26. The maximum absolute atomic E-state index is 11.4. The minimum Gasteiger partial charge on any atom is -0.300 e. The maximum Gasteiger partial charge on any atom is 0.130 e. The molecule has 1 rings (SSSR count). The molecular weight excluding hydrogens is 232 g/mol. The Morgan fingerprint density at radius 1 is 1.16 bits per heavy atom. The van der Waals surface area contributed by atoms with E-state index in [1.165, 1.54) is 31.2 Å². The standard InChI is InChI=1S/C18H26O/c1-3-4-5-6-7-9-14-18(15-16(2)19)17-12-10-8-11-13-17/h8-14,18H,3-7,15H2,1-2H3/b14-9+/t18-/m1/s1. The normalized spacial score (nSPS) is 12.7. The highest BCUT2D eigenvalue weighted by molar-refractivity contribution is 5.76. The van der Waals surface area contributed by atoms with Gasteiger partial charge in [-0.25, -0.2) is 0 Å². The van der Waals surface area contributed by atoms with Crippen molar-refractivity contribution in [3.63, 3.8) is 0 Å². The number of hydrogen-bond acceptors (Lipinski definition) is 1. The van der Waals surface area contributed by atoms with Gasteiger partial charge in [-0.2, -0.15) is 0 Å². The highest BCUT2D eigenvalue weighted by Crippen LogP contribution is 2.21. The highest BCUT2D eigenvalue weighted by Gasteiger charge is 2.09. The third-order valence-electron chi connectivity index (χ3n) is 3.33. The van der Waals surface area contributed by atoms with E-state index in [1.807, 2.05) is 18.2 Å². The zero-order valence-electron chi connectivity index (χ0n) is 12.3. The third-order valence-corrected chi connectivity index (χ3v) is 3.33. The molecule has 1 nitrogen and oxygen atoms in total. The van der Waals surface area contributed by atoms with Crippen LogP contribution in [0.25, 0.3) is 0 Å². The van der Waals surface area contributed by atoms with Gasteiger partial charge in [0.2, 0.25) is 0 Å². The number of Topliss-reactive ketones (excluding diaryl/α,β-unsaturated/α-hetero) is 1. The number of unbranched alkanes of at least 4 members (excludes halogenated alkanes) is 4. The quantitative estimate of drug-likeness (QED) is 0.435. The lowest BCUT2D eigenvalue weighted by Gasteiger charge is -2.11. The fraction of sp³-hybridized carbons (Fsp3) is 0.500. The Kier molecular flexibility index (Phi) is 7.88. The molecule has 0 spiro atoms. The molecule has 0 saturated heterocycles. The summed E-state index contributed by atoms with van der Waals surface area (Å²) in [5.74, 6) is 0.495. The SMILES string of the molecule is CCCCCC/C=C/[C@H](CC(C)=O)c1ccccc1. The lowest BCUT2D eigenvalue weighted by Crippen LogP contribution is -2.01. The summed E-state index contributed by atoms with van der Waals surface area (Å²) in [5.41, 5.74) is 1.24. The predicted octanol–water partition coefficient (Wildman–Crippen LogP) is 5.28. The lowest BCUT2D eigenvalue weighted by molar-refractivity contribution is -0.117. The zero-order valence-corrected chi connectivity index (χ0v) is 12.3. The van der Waals surface area contributed by atoms with Crippen LogP contribution in [0, 0.1) is 0 Å². The number of rotatable bonds is 9. The Bertz CT molecular complexity index is 378. The average molecular weight is 258 g/mol. The van der Waals surface area contributed by atoms with Crippen molar-refractivity contribution in [1.82, 2.24) is 0 Å². The topological polar surface area (TPSA) is 17.1 Å². The molecule has 0 radical (unpaired) electrons. The van der Waals surface area contributed by atoms with E-state index in [0.717, 1.165) is 6.42 Å². The monoisotopic (exact) mass is 258 g/mol. The number of ketones is 1. The summed E-state index contributed by atoms with van der Waals surface area (Å²) in [7, 11) is 0. The summed E-state index contributed by atoms with van der Waals surface area (Å²) in [4.78, 5) is 11.4. The summed E-state index contributed by atoms with van der Waals surface area (Å²) in [6.45, 7) is 3.90. The van der Waals surface area contributed by atoms with Crippen molar-refractivity contribution in [3.05, 3.63) is 48.0 Å². The summed E-state index contributed by atoms with van der Waals surface area (Å²) < 4.78 is 0. The van der Waals surface area contributed by atoms with Crippen LogP contribution in [0.2, 0.25) is 0 Å². The van der Waals surface area contributed by atoms with Gasteiger partial charge in [0.25, 0.3) is 0 Å². The van der Waals surface area contributed by atoms with Crippen LogP contribution in [0.5, 0.6) is 0 Å². The van der Waals surface area contributed by atoms with Crippen LogP contribution in [0.3, 0.4) is 0 Å². The van der Waals surface area contributed by atoms with Crippen LogP contribution in [0.1, 0.15) is 63.9 Å². The molecule has 104 valence electrons. The van der Waals surface area contributed by atoms with Crippen molar-refractivity contribution in [1.29, 1.82) is 0 Å². The Labute approximate surface area is 117 Å². The molecule has 1 aromatic carbocycles. The van der Waals surface area contributed by atoms with Crippen molar-refractivity contribution in [3.8, 4) is 0 Å². The molecule has 0 aromatic heterocycles. The van der Waals surface area contributed by atoms with Crippen LogP contribution < -0.4 is 0 Å². The third kappa shape index (κ3) is 6.95. The number of carbonyl (C=O) groups excluding carboxylic acids is 1. The molecule has 1 heteroatoms. The van der Waals surface area contributed by atoms with Crippen LogP contribution in [-0.4, -0.2) is 5.78 Å². The molecule has 0 unspecified atom stereocenters. The van der Waals surface area contributed by atoms with E-state index in [1.54, 1.807) is 6.92 Å². The van der Waals surface area contributed by atoms with Crippen LogP contribution in [-0.2, 0) is 4.79 Å². The molecule has 0 aliphatic heterocycles. The van der Waals surface area contributed by atoms with Gasteiger partial charge in [-0.05, 0) is 25.3 Å². The van der Waals surface area contributed by atoms with Gasteiger partial charge in [0, 0.05) is 12.3 Å². The van der Waals surface area contributed by atoms with Gasteiger partial charge in [-0.3, -0.25) is 4.79 Å². The lowest BCUT2D eigenvalue weighted by atomic mass is 9.93. The molecule has 0 aliphatic rings. The Balaban J connectivity index is 2.51. The highest BCUT2D eigenvalue weighted by atomic mass is 16.1. The minimum absolute atomic E-state index is 0.241. The summed E-state index contributed by atoms with van der Waals surface area (Å²) in [6.07, 6.45) is 11.4. The zero-order chi connectivity index (χ0) is 13.9. The Morgan fingerprint density at radius 2 is 1.89 bits per heavy atom. The molecule has 0 heterocycles. The molecule has 1 atom stereocenters. The van der Waals surface area contributed by atoms with Gasteiger partial charge in [0.1, 0.15) is 5.78 Å². The number of benzene rings is 1. The first-order chi connectivity index (χ1) is 9.24. The molecule has 0 amide bonds. The first-order valence-electron chi connectivity index (χ1n) is 7.45. The Morgan fingerprint density at radius 3 is 2.53 bits per heavy atom. The fourth-order valence-corrected chi connectivity index (χ4v) is 2.26. The van der Waals surface area contributed by atoms with Gasteiger partial charge >= 0.3 is 0 Å². The van der Waals surface area contributed by atoms with E-state index < -0.39 is 0 Å².